The van der Waals surface area contributed by atoms with Gasteiger partial charge in [-0.2, -0.15) is 0 Å². The van der Waals surface area contributed by atoms with E-state index in [1.807, 2.05) is 30.3 Å². The number of sulfonamides is 1. The van der Waals surface area contributed by atoms with Crippen molar-refractivity contribution in [1.29, 1.82) is 0 Å². The fourth-order valence-corrected chi connectivity index (χ4v) is 6.54. The first kappa shape index (κ1) is 20.6. The quantitative estimate of drug-likeness (QED) is 0.355. The first-order valence-electron chi connectivity index (χ1n) is 9.53. The van der Waals surface area contributed by atoms with Crippen LogP contribution in [0.15, 0.2) is 40.3 Å². The van der Waals surface area contributed by atoms with Gasteiger partial charge in [0.2, 0.25) is 10.0 Å². The highest BCUT2D eigenvalue weighted by Crippen LogP contribution is 2.36. The zero-order valence-electron chi connectivity index (χ0n) is 16.3. The van der Waals surface area contributed by atoms with Gasteiger partial charge < -0.3 is 0 Å². The molecule has 154 valence electrons. The van der Waals surface area contributed by atoms with E-state index in [1.165, 1.54) is 22.2 Å². The van der Waals surface area contributed by atoms with Gasteiger partial charge in [0, 0.05) is 17.2 Å². The molecule has 1 aliphatic rings. The number of nitrogens with zero attached hydrogens (tertiary/aromatic N) is 2. The van der Waals surface area contributed by atoms with Crippen molar-refractivity contribution in [2.45, 2.75) is 31.3 Å². The van der Waals surface area contributed by atoms with E-state index in [9.17, 15) is 13.2 Å². The highest BCUT2D eigenvalue weighted by Gasteiger charge is 2.25. The summed E-state index contributed by atoms with van der Waals surface area (Å²) in [5.74, 6) is 1.11. The SMILES string of the molecule is CC1CCc2c(sc3nc(SCCNS(C)(=O)=O)n(-c4ccccc4)c(=O)c23)C1. The third-order valence-corrected chi connectivity index (χ3v) is 7.83. The van der Waals surface area contributed by atoms with Gasteiger partial charge in [0.1, 0.15) is 4.83 Å². The minimum absolute atomic E-state index is 0.0353. The van der Waals surface area contributed by atoms with Crippen molar-refractivity contribution in [2.24, 2.45) is 5.92 Å². The van der Waals surface area contributed by atoms with Crippen LogP contribution < -0.4 is 10.3 Å². The van der Waals surface area contributed by atoms with Gasteiger partial charge in [0.25, 0.3) is 5.56 Å². The lowest BCUT2D eigenvalue weighted by Gasteiger charge is -2.17. The summed E-state index contributed by atoms with van der Waals surface area (Å²) < 4.78 is 26.8. The van der Waals surface area contributed by atoms with Crippen LogP contribution in [0.2, 0.25) is 0 Å². The smallest absolute Gasteiger partial charge is 0.267 e. The van der Waals surface area contributed by atoms with Gasteiger partial charge in [0.15, 0.2) is 5.16 Å². The van der Waals surface area contributed by atoms with Crippen molar-refractivity contribution in [1.82, 2.24) is 14.3 Å². The number of aryl methyl sites for hydroxylation is 1. The summed E-state index contributed by atoms with van der Waals surface area (Å²) in [6, 6.07) is 9.51. The van der Waals surface area contributed by atoms with E-state index in [2.05, 4.69) is 11.6 Å². The number of thioether (sulfide) groups is 1. The van der Waals surface area contributed by atoms with Crippen LogP contribution in [-0.2, 0) is 22.9 Å². The molecule has 1 atom stereocenters. The standard InChI is InChI=1S/C20H23N3O3S3/c1-13-8-9-15-16(12-13)28-18-17(15)19(24)23(14-6-4-3-5-7-14)20(22-18)27-11-10-21-29(2,25)26/h3-7,13,21H,8-12H2,1-2H3. The molecule has 1 aromatic carbocycles. The van der Waals surface area contributed by atoms with Crippen molar-refractivity contribution in [3.63, 3.8) is 0 Å². The highest BCUT2D eigenvalue weighted by molar-refractivity contribution is 7.99. The number of hydrogen-bond acceptors (Lipinski definition) is 6. The first-order valence-corrected chi connectivity index (χ1v) is 13.2. The van der Waals surface area contributed by atoms with E-state index in [0.29, 0.717) is 16.8 Å². The van der Waals surface area contributed by atoms with Gasteiger partial charge in [-0.15, -0.1) is 11.3 Å². The van der Waals surface area contributed by atoms with Crippen molar-refractivity contribution >= 4 is 43.3 Å². The van der Waals surface area contributed by atoms with Crippen molar-refractivity contribution < 1.29 is 8.42 Å². The lowest BCUT2D eigenvalue weighted by Crippen LogP contribution is -2.25. The lowest BCUT2D eigenvalue weighted by atomic mass is 9.89. The average molecular weight is 450 g/mol. The second-order valence-corrected chi connectivity index (χ2v) is 11.4. The molecule has 1 aliphatic carbocycles. The Morgan fingerprint density at radius 1 is 1.31 bits per heavy atom. The molecule has 1 unspecified atom stereocenters. The molecule has 2 aromatic heterocycles. The summed E-state index contributed by atoms with van der Waals surface area (Å²) >= 11 is 3.02. The Bertz CT molecular complexity index is 1200. The largest absolute Gasteiger partial charge is 0.268 e. The molecule has 0 radical (unpaired) electrons. The number of rotatable bonds is 6. The Balaban J connectivity index is 1.79. The molecular formula is C20H23N3O3S3. The molecule has 0 fully saturated rings. The number of aromatic nitrogens is 2. The highest BCUT2D eigenvalue weighted by atomic mass is 32.2. The van der Waals surface area contributed by atoms with Crippen LogP contribution >= 0.6 is 23.1 Å². The number of hydrogen-bond donors (Lipinski definition) is 1. The minimum atomic E-state index is -3.24. The summed E-state index contributed by atoms with van der Waals surface area (Å²) in [4.78, 5) is 20.5. The molecule has 2 heterocycles. The van der Waals surface area contributed by atoms with Gasteiger partial charge in [-0.3, -0.25) is 9.36 Å². The molecule has 4 rings (SSSR count). The van der Waals surface area contributed by atoms with E-state index in [4.69, 9.17) is 4.98 Å². The summed E-state index contributed by atoms with van der Waals surface area (Å²) in [7, 11) is -3.24. The Kier molecular flexibility index (Phi) is 5.83. The molecular weight excluding hydrogens is 426 g/mol. The van der Waals surface area contributed by atoms with E-state index in [0.717, 1.165) is 41.4 Å². The van der Waals surface area contributed by atoms with Crippen LogP contribution in [0.4, 0.5) is 0 Å². The van der Waals surface area contributed by atoms with Gasteiger partial charge in [-0.1, -0.05) is 36.9 Å². The Morgan fingerprint density at radius 2 is 2.07 bits per heavy atom. The van der Waals surface area contributed by atoms with E-state index < -0.39 is 10.0 Å². The summed E-state index contributed by atoms with van der Waals surface area (Å²) in [5, 5.41) is 1.34. The zero-order chi connectivity index (χ0) is 20.6. The van der Waals surface area contributed by atoms with E-state index in [-0.39, 0.29) is 12.1 Å². The molecule has 3 aromatic rings. The Hall–Kier alpha value is -1.68. The van der Waals surface area contributed by atoms with Crippen molar-refractivity contribution in [3.8, 4) is 5.69 Å². The molecule has 6 nitrogen and oxygen atoms in total. The van der Waals surface area contributed by atoms with Crippen molar-refractivity contribution in [3.05, 3.63) is 51.1 Å². The molecule has 0 spiro atoms. The molecule has 1 N–H and O–H groups in total. The van der Waals surface area contributed by atoms with Gasteiger partial charge in [-0.25, -0.2) is 18.1 Å². The topological polar surface area (TPSA) is 81.1 Å². The van der Waals surface area contributed by atoms with E-state index >= 15 is 0 Å². The fraction of sp³-hybridized carbons (Fsp3) is 0.400. The number of thiophene rings is 1. The Labute approximate surface area is 178 Å². The molecule has 0 saturated carbocycles. The summed E-state index contributed by atoms with van der Waals surface area (Å²) in [6.07, 6.45) is 4.16. The monoisotopic (exact) mass is 449 g/mol. The second kappa shape index (κ2) is 8.22. The third kappa shape index (κ3) is 4.42. The maximum atomic E-state index is 13.6. The molecule has 0 aliphatic heterocycles. The van der Waals surface area contributed by atoms with Crippen LogP contribution in [0.3, 0.4) is 0 Å². The van der Waals surface area contributed by atoms with Gasteiger partial charge >= 0.3 is 0 Å². The van der Waals surface area contributed by atoms with Crippen LogP contribution in [0.5, 0.6) is 0 Å². The van der Waals surface area contributed by atoms with Crippen LogP contribution in [0, 0.1) is 5.92 Å². The normalized spacial score (nSPS) is 16.8. The molecule has 0 saturated heterocycles. The van der Waals surface area contributed by atoms with Crippen LogP contribution in [0.1, 0.15) is 23.8 Å². The minimum Gasteiger partial charge on any atom is -0.268 e. The number of fused-ring (bicyclic) bond motifs is 3. The van der Waals surface area contributed by atoms with Gasteiger partial charge in [0.05, 0.1) is 17.3 Å². The average Bonchev–Trinajstić information content (AvgIpc) is 3.02. The summed E-state index contributed by atoms with van der Waals surface area (Å²) in [6.45, 7) is 2.53. The van der Waals surface area contributed by atoms with Crippen molar-refractivity contribution in [2.75, 3.05) is 18.6 Å². The van der Waals surface area contributed by atoms with Crippen LogP contribution in [0.25, 0.3) is 15.9 Å². The molecule has 9 heteroatoms. The van der Waals surface area contributed by atoms with Crippen LogP contribution in [-0.4, -0.2) is 36.5 Å². The maximum Gasteiger partial charge on any atom is 0.267 e. The second-order valence-electron chi connectivity index (χ2n) is 7.42. The number of para-hydroxylation sites is 1. The Morgan fingerprint density at radius 3 is 2.79 bits per heavy atom. The predicted molar refractivity (Wildman–Crippen MR) is 120 cm³/mol. The third-order valence-electron chi connectivity index (χ3n) is 5.01. The zero-order valence-corrected chi connectivity index (χ0v) is 18.8. The predicted octanol–water partition coefficient (Wildman–Crippen LogP) is 3.21. The molecule has 0 bridgehead atoms. The van der Waals surface area contributed by atoms with Gasteiger partial charge in [-0.05, 0) is 42.9 Å². The number of nitrogens with one attached hydrogen (secondary N) is 1. The maximum absolute atomic E-state index is 13.6. The fourth-order valence-electron chi connectivity index (χ4n) is 3.64. The lowest BCUT2D eigenvalue weighted by molar-refractivity contribution is 0.509. The molecule has 29 heavy (non-hydrogen) atoms. The van der Waals surface area contributed by atoms with E-state index in [1.54, 1.807) is 15.9 Å². The first-order chi connectivity index (χ1) is 13.8. The molecule has 0 amide bonds. The summed E-state index contributed by atoms with van der Waals surface area (Å²) in [5.41, 5.74) is 1.90. The number of benzene rings is 1.